The average Bonchev–Trinajstić information content (AvgIpc) is 2.85. The summed E-state index contributed by atoms with van der Waals surface area (Å²) in [5.41, 5.74) is 7.60. The van der Waals surface area contributed by atoms with E-state index < -0.39 is 0 Å². The monoisotopic (exact) mass is 229 g/mol. The van der Waals surface area contributed by atoms with E-state index in [0.717, 1.165) is 18.7 Å². The normalized spacial score (nSPS) is 11.6. The topological polar surface area (TPSA) is 63.5 Å². The molecule has 2 aromatic rings. The molecule has 0 aliphatic carbocycles. The van der Waals surface area contributed by atoms with Gasteiger partial charge in [0.1, 0.15) is 0 Å². The molecule has 2 rings (SSSR count). The largest absolute Gasteiger partial charge is 0.409 e. The molecule has 17 heavy (non-hydrogen) atoms. The second kappa shape index (κ2) is 5.21. The first-order valence-corrected chi connectivity index (χ1v) is 5.48. The number of oxime groups is 1. The number of aromatic nitrogens is 1. The third kappa shape index (κ3) is 2.66. The van der Waals surface area contributed by atoms with Gasteiger partial charge in [-0.05, 0) is 24.1 Å². The van der Waals surface area contributed by atoms with E-state index in [1.165, 1.54) is 5.56 Å². The van der Waals surface area contributed by atoms with Gasteiger partial charge in [-0.1, -0.05) is 35.5 Å². The molecule has 88 valence electrons. The quantitative estimate of drug-likeness (QED) is 0.363. The molecule has 0 bridgehead atoms. The Bertz CT molecular complexity index is 502. The maximum absolute atomic E-state index is 8.67. The molecule has 4 nitrogen and oxygen atoms in total. The number of nitrogens with two attached hydrogens (primary N) is 1. The van der Waals surface area contributed by atoms with Crippen molar-refractivity contribution in [2.45, 2.75) is 13.0 Å². The summed E-state index contributed by atoms with van der Waals surface area (Å²) in [6.07, 6.45) is 2.84. The average molecular weight is 229 g/mol. The summed E-state index contributed by atoms with van der Waals surface area (Å²) in [5.74, 6) is 0.142. The van der Waals surface area contributed by atoms with Gasteiger partial charge in [-0.2, -0.15) is 0 Å². The number of hydrogen-bond acceptors (Lipinski definition) is 2. The molecule has 4 heteroatoms. The SMILES string of the molecule is N/C(=N/O)c1cccn1CCc1ccccc1. The maximum Gasteiger partial charge on any atom is 0.186 e. The highest BCUT2D eigenvalue weighted by Gasteiger charge is 2.05. The van der Waals surface area contributed by atoms with Crippen LogP contribution in [0.5, 0.6) is 0 Å². The Labute approximate surface area is 100.0 Å². The summed E-state index contributed by atoms with van der Waals surface area (Å²) in [6, 6.07) is 13.9. The summed E-state index contributed by atoms with van der Waals surface area (Å²) in [5, 5.41) is 11.7. The molecule has 0 fully saturated rings. The van der Waals surface area contributed by atoms with Crippen molar-refractivity contribution in [1.82, 2.24) is 4.57 Å². The summed E-state index contributed by atoms with van der Waals surface area (Å²) in [4.78, 5) is 0. The second-order valence-corrected chi connectivity index (χ2v) is 3.81. The smallest absolute Gasteiger partial charge is 0.186 e. The molecule has 0 saturated carbocycles. The zero-order chi connectivity index (χ0) is 12.1. The molecule has 1 heterocycles. The van der Waals surface area contributed by atoms with Gasteiger partial charge in [-0.3, -0.25) is 0 Å². The van der Waals surface area contributed by atoms with Crippen molar-refractivity contribution < 1.29 is 5.21 Å². The van der Waals surface area contributed by atoms with E-state index in [0.29, 0.717) is 0 Å². The van der Waals surface area contributed by atoms with Crippen molar-refractivity contribution >= 4 is 5.84 Å². The van der Waals surface area contributed by atoms with Gasteiger partial charge in [0.15, 0.2) is 5.84 Å². The highest BCUT2D eigenvalue weighted by Crippen LogP contribution is 2.06. The number of aryl methyl sites for hydroxylation is 2. The van der Waals surface area contributed by atoms with Crippen molar-refractivity contribution in [3.8, 4) is 0 Å². The summed E-state index contributed by atoms with van der Waals surface area (Å²) in [6.45, 7) is 0.808. The Hall–Kier alpha value is -2.23. The van der Waals surface area contributed by atoms with Gasteiger partial charge in [0.25, 0.3) is 0 Å². The summed E-state index contributed by atoms with van der Waals surface area (Å²) < 4.78 is 1.97. The highest BCUT2D eigenvalue weighted by molar-refractivity contribution is 5.95. The van der Waals surface area contributed by atoms with Crippen LogP contribution in [0.4, 0.5) is 0 Å². The van der Waals surface area contributed by atoms with Crippen LogP contribution >= 0.6 is 0 Å². The van der Waals surface area contributed by atoms with E-state index in [1.807, 2.05) is 41.1 Å². The van der Waals surface area contributed by atoms with Crippen molar-refractivity contribution in [2.75, 3.05) is 0 Å². The lowest BCUT2D eigenvalue weighted by molar-refractivity contribution is 0.318. The van der Waals surface area contributed by atoms with Gasteiger partial charge in [-0.25, -0.2) is 0 Å². The molecule has 0 unspecified atom stereocenters. The summed E-state index contributed by atoms with van der Waals surface area (Å²) in [7, 11) is 0. The molecule has 1 aromatic heterocycles. The van der Waals surface area contributed by atoms with E-state index in [9.17, 15) is 0 Å². The van der Waals surface area contributed by atoms with Gasteiger partial charge in [0, 0.05) is 12.7 Å². The minimum absolute atomic E-state index is 0.142. The Morgan fingerprint density at radius 3 is 2.65 bits per heavy atom. The first kappa shape index (κ1) is 11.3. The standard InChI is InChI=1S/C13H15N3O/c14-13(15-17)12-7-4-9-16(12)10-8-11-5-2-1-3-6-11/h1-7,9,17H,8,10H2,(H2,14,15). The molecule has 0 aliphatic rings. The molecule has 0 spiro atoms. The van der Waals surface area contributed by atoms with Crippen molar-refractivity contribution in [2.24, 2.45) is 10.9 Å². The molecule has 0 atom stereocenters. The molecule has 0 saturated heterocycles. The van der Waals surface area contributed by atoms with Crippen LogP contribution in [0.1, 0.15) is 11.3 Å². The van der Waals surface area contributed by atoms with Crippen LogP contribution in [0.3, 0.4) is 0 Å². The fourth-order valence-electron chi connectivity index (χ4n) is 1.79. The zero-order valence-corrected chi connectivity index (χ0v) is 9.45. The Balaban J connectivity index is 2.07. The van der Waals surface area contributed by atoms with Crippen LogP contribution in [0, 0.1) is 0 Å². The number of hydrogen-bond donors (Lipinski definition) is 2. The van der Waals surface area contributed by atoms with E-state index in [4.69, 9.17) is 10.9 Å². The lowest BCUT2D eigenvalue weighted by Crippen LogP contribution is -2.18. The van der Waals surface area contributed by atoms with Crippen LogP contribution in [0.25, 0.3) is 0 Å². The van der Waals surface area contributed by atoms with E-state index in [1.54, 1.807) is 0 Å². The lowest BCUT2D eigenvalue weighted by Gasteiger charge is -2.07. The van der Waals surface area contributed by atoms with Crippen molar-refractivity contribution in [3.63, 3.8) is 0 Å². The number of nitrogens with zero attached hydrogens (tertiary/aromatic N) is 2. The lowest BCUT2D eigenvalue weighted by atomic mass is 10.1. The van der Waals surface area contributed by atoms with Crippen LogP contribution in [0.15, 0.2) is 53.8 Å². The first-order valence-electron chi connectivity index (χ1n) is 5.48. The van der Waals surface area contributed by atoms with Gasteiger partial charge in [0.05, 0.1) is 5.69 Å². The van der Waals surface area contributed by atoms with Crippen LogP contribution in [-0.4, -0.2) is 15.6 Å². The van der Waals surface area contributed by atoms with Gasteiger partial charge >= 0.3 is 0 Å². The van der Waals surface area contributed by atoms with E-state index in [2.05, 4.69) is 17.3 Å². The first-order chi connectivity index (χ1) is 8.31. The fourth-order valence-corrected chi connectivity index (χ4v) is 1.79. The Morgan fingerprint density at radius 2 is 1.94 bits per heavy atom. The van der Waals surface area contributed by atoms with Crippen LogP contribution < -0.4 is 5.73 Å². The van der Waals surface area contributed by atoms with Crippen LogP contribution in [0.2, 0.25) is 0 Å². The van der Waals surface area contributed by atoms with E-state index in [-0.39, 0.29) is 5.84 Å². The molecule has 0 amide bonds. The molecular weight excluding hydrogens is 214 g/mol. The molecule has 0 aliphatic heterocycles. The number of rotatable bonds is 4. The van der Waals surface area contributed by atoms with Crippen LogP contribution in [-0.2, 0) is 13.0 Å². The predicted molar refractivity (Wildman–Crippen MR) is 67.1 cm³/mol. The van der Waals surface area contributed by atoms with Gasteiger partial charge < -0.3 is 15.5 Å². The Kier molecular flexibility index (Phi) is 3.45. The van der Waals surface area contributed by atoms with Gasteiger partial charge in [0.2, 0.25) is 0 Å². The fraction of sp³-hybridized carbons (Fsp3) is 0.154. The maximum atomic E-state index is 8.67. The molecular formula is C13H15N3O. The summed E-state index contributed by atoms with van der Waals surface area (Å²) >= 11 is 0. The molecule has 3 N–H and O–H groups in total. The second-order valence-electron chi connectivity index (χ2n) is 3.81. The molecule has 0 radical (unpaired) electrons. The third-order valence-corrected chi connectivity index (χ3v) is 2.68. The highest BCUT2D eigenvalue weighted by atomic mass is 16.4. The minimum Gasteiger partial charge on any atom is -0.409 e. The predicted octanol–water partition coefficient (Wildman–Crippen LogP) is 1.83. The van der Waals surface area contributed by atoms with Gasteiger partial charge in [-0.15, -0.1) is 0 Å². The van der Waals surface area contributed by atoms with Crippen molar-refractivity contribution in [1.29, 1.82) is 0 Å². The zero-order valence-electron chi connectivity index (χ0n) is 9.45. The third-order valence-electron chi connectivity index (χ3n) is 2.68. The van der Waals surface area contributed by atoms with Crippen molar-refractivity contribution in [3.05, 3.63) is 59.9 Å². The molecule has 1 aromatic carbocycles. The number of benzene rings is 1. The number of amidine groups is 1. The van der Waals surface area contributed by atoms with E-state index >= 15 is 0 Å². The minimum atomic E-state index is 0.142. The Morgan fingerprint density at radius 1 is 1.18 bits per heavy atom.